The van der Waals surface area contributed by atoms with Crippen LogP contribution in [0.15, 0.2) is 0 Å². The largest absolute Gasteiger partial charge is 0.490 e. The Balaban J connectivity index is 0.000000360. The second kappa shape index (κ2) is 7.88. The summed E-state index contributed by atoms with van der Waals surface area (Å²) in [5.41, 5.74) is 0. The van der Waals surface area contributed by atoms with Crippen LogP contribution in [0.5, 0.6) is 0 Å². The molecule has 0 aromatic rings. The number of hydrogen-bond acceptors (Lipinski definition) is 5. The number of alkyl halides is 3. The second-order valence-corrected chi connectivity index (χ2v) is 3.46. The number of aliphatic carboxylic acids is 1. The summed E-state index contributed by atoms with van der Waals surface area (Å²) in [5, 5.41) is 13.6. The van der Waals surface area contributed by atoms with Gasteiger partial charge in [-0.1, -0.05) is 0 Å². The predicted octanol–water partition coefficient (Wildman–Crippen LogP) is -0.256. The first-order chi connectivity index (χ1) is 8.23. The number of halogens is 3. The Labute approximate surface area is 101 Å². The number of carboxylic acid groups (broad SMARTS) is 1. The van der Waals surface area contributed by atoms with E-state index in [4.69, 9.17) is 14.6 Å². The number of nitrogens with one attached hydrogen (secondary N) is 2. The van der Waals surface area contributed by atoms with Crippen molar-refractivity contribution in [3.63, 3.8) is 0 Å². The first-order valence-corrected chi connectivity index (χ1v) is 5.11. The molecule has 0 aromatic carbocycles. The third-order valence-electron chi connectivity index (χ3n) is 1.86. The van der Waals surface area contributed by atoms with Gasteiger partial charge >= 0.3 is 18.1 Å². The molecule has 9 heteroatoms. The summed E-state index contributed by atoms with van der Waals surface area (Å²) in [4.78, 5) is 19.3. The molecule has 3 N–H and O–H groups in total. The number of ether oxygens (including phenoxy) is 1. The van der Waals surface area contributed by atoms with Crippen LogP contribution in [0.4, 0.5) is 13.2 Å². The average Bonchev–Trinajstić information content (AvgIpc) is 2.27. The topological polar surface area (TPSA) is 87.7 Å². The zero-order valence-electron chi connectivity index (χ0n) is 9.71. The third-order valence-corrected chi connectivity index (χ3v) is 1.86. The van der Waals surface area contributed by atoms with Crippen LogP contribution in [-0.4, -0.2) is 55.5 Å². The van der Waals surface area contributed by atoms with Gasteiger partial charge in [0.15, 0.2) is 0 Å². The van der Waals surface area contributed by atoms with Crippen LogP contribution in [0.3, 0.4) is 0 Å². The van der Waals surface area contributed by atoms with E-state index >= 15 is 0 Å². The summed E-state index contributed by atoms with van der Waals surface area (Å²) >= 11 is 0. The van der Waals surface area contributed by atoms with Crippen molar-refractivity contribution in [2.24, 2.45) is 0 Å². The van der Waals surface area contributed by atoms with Gasteiger partial charge in [-0.25, -0.2) is 4.79 Å². The lowest BCUT2D eigenvalue weighted by atomic mass is 10.2. The minimum atomic E-state index is -5.08. The fraction of sp³-hybridized carbons (Fsp3) is 0.778. The molecule has 1 atom stereocenters. The fourth-order valence-electron chi connectivity index (χ4n) is 1.05. The minimum Gasteiger partial charge on any atom is -0.475 e. The van der Waals surface area contributed by atoms with E-state index in [2.05, 4.69) is 10.6 Å². The van der Waals surface area contributed by atoms with Gasteiger partial charge in [0.25, 0.3) is 0 Å². The second-order valence-electron chi connectivity index (χ2n) is 3.46. The van der Waals surface area contributed by atoms with Crippen LogP contribution in [-0.2, 0) is 14.3 Å². The molecule has 0 spiro atoms. The van der Waals surface area contributed by atoms with Crippen molar-refractivity contribution < 1.29 is 32.6 Å². The molecule has 0 aliphatic carbocycles. The molecule has 1 aliphatic rings. The summed E-state index contributed by atoms with van der Waals surface area (Å²) < 4.78 is 36.6. The molecule has 1 fully saturated rings. The molecule has 1 rings (SSSR count). The van der Waals surface area contributed by atoms with Gasteiger partial charge in [0.05, 0.1) is 6.04 Å². The molecule has 1 heterocycles. The Morgan fingerprint density at radius 2 is 1.94 bits per heavy atom. The van der Waals surface area contributed by atoms with Crippen molar-refractivity contribution in [1.29, 1.82) is 0 Å². The number of esters is 1. The Hall–Kier alpha value is -1.35. The average molecular weight is 272 g/mol. The highest BCUT2D eigenvalue weighted by Crippen LogP contribution is 2.13. The standard InChI is InChI=1S/C7H14N2O2.C2HF3O2/c1-6(10)11-5-7-4-8-2-3-9-7;3-2(4,5)1(6)7/h7-9H,2-5H2,1H3;(H,6,7). The number of carbonyl (C=O) groups excluding carboxylic acids is 1. The van der Waals surface area contributed by atoms with Crippen molar-refractivity contribution >= 4 is 11.9 Å². The van der Waals surface area contributed by atoms with Gasteiger partial charge in [-0.05, 0) is 0 Å². The van der Waals surface area contributed by atoms with Crippen LogP contribution in [0, 0.1) is 0 Å². The zero-order chi connectivity index (χ0) is 14.2. The number of rotatable bonds is 2. The van der Waals surface area contributed by atoms with Crippen LogP contribution in [0.2, 0.25) is 0 Å². The molecule has 0 amide bonds. The van der Waals surface area contributed by atoms with Crippen molar-refractivity contribution in [2.75, 3.05) is 26.2 Å². The van der Waals surface area contributed by atoms with E-state index in [1.807, 2.05) is 0 Å². The quantitative estimate of drug-likeness (QED) is 0.601. The summed E-state index contributed by atoms with van der Waals surface area (Å²) in [6.45, 7) is 4.73. The van der Waals surface area contributed by atoms with Gasteiger partial charge in [0.2, 0.25) is 0 Å². The van der Waals surface area contributed by atoms with Crippen LogP contribution in [0.25, 0.3) is 0 Å². The summed E-state index contributed by atoms with van der Waals surface area (Å²) in [6, 6.07) is 0.285. The van der Waals surface area contributed by atoms with Gasteiger partial charge in [-0.3, -0.25) is 4.79 Å². The minimum absolute atomic E-state index is 0.211. The smallest absolute Gasteiger partial charge is 0.475 e. The van der Waals surface area contributed by atoms with Gasteiger partial charge in [0, 0.05) is 26.6 Å². The van der Waals surface area contributed by atoms with Gasteiger partial charge in [-0.15, -0.1) is 0 Å². The number of piperazine rings is 1. The zero-order valence-corrected chi connectivity index (χ0v) is 9.71. The Morgan fingerprint density at radius 1 is 1.39 bits per heavy atom. The maximum absolute atomic E-state index is 10.6. The van der Waals surface area contributed by atoms with Crippen molar-refractivity contribution in [2.45, 2.75) is 19.1 Å². The maximum Gasteiger partial charge on any atom is 0.490 e. The Morgan fingerprint density at radius 3 is 2.28 bits per heavy atom. The molecule has 1 saturated heterocycles. The SMILES string of the molecule is CC(=O)OCC1CNCCN1.O=C(O)C(F)(F)F. The number of carbonyl (C=O) groups is 2. The highest BCUT2D eigenvalue weighted by Gasteiger charge is 2.38. The molecule has 1 aliphatic heterocycles. The molecule has 18 heavy (non-hydrogen) atoms. The van der Waals surface area contributed by atoms with E-state index in [0.29, 0.717) is 6.61 Å². The molecule has 106 valence electrons. The molecule has 0 saturated carbocycles. The molecule has 6 nitrogen and oxygen atoms in total. The normalized spacial score (nSPS) is 19.4. The Bertz CT molecular complexity index is 277. The predicted molar refractivity (Wildman–Crippen MR) is 55.0 cm³/mol. The third kappa shape index (κ3) is 8.76. The molecule has 0 bridgehead atoms. The lowest BCUT2D eigenvalue weighted by Gasteiger charge is -2.23. The highest BCUT2D eigenvalue weighted by atomic mass is 19.4. The first kappa shape index (κ1) is 16.6. The molecule has 0 aromatic heterocycles. The van der Waals surface area contributed by atoms with Crippen molar-refractivity contribution in [3.8, 4) is 0 Å². The van der Waals surface area contributed by atoms with E-state index in [9.17, 15) is 18.0 Å². The van der Waals surface area contributed by atoms with Crippen LogP contribution >= 0.6 is 0 Å². The van der Waals surface area contributed by atoms with Gasteiger partial charge in [-0.2, -0.15) is 13.2 Å². The summed E-state index contributed by atoms with van der Waals surface area (Å²) in [6.07, 6.45) is -5.08. The molecule has 1 unspecified atom stereocenters. The van der Waals surface area contributed by atoms with E-state index in [1.54, 1.807) is 0 Å². The fourth-order valence-corrected chi connectivity index (χ4v) is 1.05. The van der Waals surface area contributed by atoms with E-state index in [1.165, 1.54) is 6.92 Å². The van der Waals surface area contributed by atoms with Crippen LogP contribution < -0.4 is 10.6 Å². The molecular weight excluding hydrogens is 257 g/mol. The van der Waals surface area contributed by atoms with E-state index < -0.39 is 12.1 Å². The Kier molecular flexibility index (Phi) is 7.29. The molecular formula is C9H15F3N2O4. The lowest BCUT2D eigenvalue weighted by Crippen LogP contribution is -2.50. The van der Waals surface area contributed by atoms with Gasteiger partial charge in [0.1, 0.15) is 6.61 Å². The first-order valence-electron chi connectivity index (χ1n) is 5.11. The lowest BCUT2D eigenvalue weighted by molar-refractivity contribution is -0.192. The monoisotopic (exact) mass is 272 g/mol. The highest BCUT2D eigenvalue weighted by molar-refractivity contribution is 5.73. The van der Waals surface area contributed by atoms with Gasteiger partial charge < -0.3 is 20.5 Å². The number of hydrogen-bond donors (Lipinski definition) is 3. The number of carboxylic acids is 1. The summed E-state index contributed by atoms with van der Waals surface area (Å²) in [5.74, 6) is -2.97. The van der Waals surface area contributed by atoms with Crippen LogP contribution in [0.1, 0.15) is 6.92 Å². The van der Waals surface area contributed by atoms with E-state index in [0.717, 1.165) is 19.6 Å². The molecule has 0 radical (unpaired) electrons. The maximum atomic E-state index is 10.6. The van der Waals surface area contributed by atoms with E-state index in [-0.39, 0.29) is 12.0 Å². The van der Waals surface area contributed by atoms with Crippen molar-refractivity contribution in [1.82, 2.24) is 10.6 Å². The summed E-state index contributed by atoms with van der Waals surface area (Å²) in [7, 11) is 0. The van der Waals surface area contributed by atoms with Crippen molar-refractivity contribution in [3.05, 3.63) is 0 Å².